The van der Waals surface area contributed by atoms with Gasteiger partial charge in [0.2, 0.25) is 5.91 Å². The number of fused-ring (bicyclic) bond motifs is 1. The lowest BCUT2D eigenvalue weighted by Gasteiger charge is -2.15. The molecule has 0 unspecified atom stereocenters. The zero-order valence-electron chi connectivity index (χ0n) is 18.2. The van der Waals surface area contributed by atoms with Crippen molar-refractivity contribution in [1.82, 2.24) is 19.4 Å². The fourth-order valence-corrected chi connectivity index (χ4v) is 4.61. The van der Waals surface area contributed by atoms with Gasteiger partial charge in [0.25, 0.3) is 0 Å². The van der Waals surface area contributed by atoms with Gasteiger partial charge in [0, 0.05) is 25.8 Å². The third-order valence-electron chi connectivity index (χ3n) is 6.07. The van der Waals surface area contributed by atoms with Crippen molar-refractivity contribution in [3.63, 3.8) is 0 Å². The molecule has 0 spiro atoms. The van der Waals surface area contributed by atoms with Gasteiger partial charge in [-0.3, -0.25) is 13.9 Å². The number of likely N-dealkylation sites (tertiary alicyclic amines) is 1. The predicted molar refractivity (Wildman–Crippen MR) is 128 cm³/mol. The molecule has 1 aromatic heterocycles. The fourth-order valence-electron chi connectivity index (χ4n) is 4.44. The zero-order chi connectivity index (χ0) is 23.8. The van der Waals surface area contributed by atoms with Crippen molar-refractivity contribution in [2.75, 3.05) is 19.6 Å². The Morgan fingerprint density at radius 3 is 2.76 bits per heavy atom. The first-order chi connectivity index (χ1) is 16.5. The molecule has 2 aliphatic heterocycles. The molecule has 5 rings (SSSR count). The molecule has 3 aromatic rings. The summed E-state index contributed by atoms with van der Waals surface area (Å²) in [7, 11) is 0. The number of ether oxygens (including phenoxy) is 1. The van der Waals surface area contributed by atoms with Crippen LogP contribution in [0.5, 0.6) is 11.5 Å². The Morgan fingerprint density at radius 2 is 2.00 bits per heavy atom. The summed E-state index contributed by atoms with van der Waals surface area (Å²) in [6, 6.07) is 11.3. The molecule has 1 N–H and O–H groups in total. The summed E-state index contributed by atoms with van der Waals surface area (Å²) >= 11 is 5.83. The molecule has 1 saturated heterocycles. The largest absolute Gasteiger partial charge is 0.454 e. The Balaban J connectivity index is 1.50. The van der Waals surface area contributed by atoms with Crippen molar-refractivity contribution < 1.29 is 13.9 Å². The van der Waals surface area contributed by atoms with Crippen LogP contribution in [-0.2, 0) is 4.79 Å². The number of imidazole rings is 1. The summed E-state index contributed by atoms with van der Waals surface area (Å²) < 4.78 is 23.2. The van der Waals surface area contributed by atoms with Gasteiger partial charge in [-0.1, -0.05) is 24.2 Å². The molecule has 0 aliphatic carbocycles. The van der Waals surface area contributed by atoms with Crippen LogP contribution in [0.25, 0.3) is 18.0 Å². The molecule has 0 bridgehead atoms. The Morgan fingerprint density at radius 1 is 1.21 bits per heavy atom. The van der Waals surface area contributed by atoms with Crippen LogP contribution >= 0.6 is 11.6 Å². The van der Waals surface area contributed by atoms with Crippen LogP contribution < -0.4 is 26.4 Å². The van der Waals surface area contributed by atoms with Crippen LogP contribution in [0.4, 0.5) is 4.39 Å². The molecule has 1 atom stereocenters. The lowest BCUT2D eigenvalue weighted by atomic mass is 10.2. The number of halogens is 2. The highest BCUT2D eigenvalue weighted by atomic mass is 35.5. The second-order valence-corrected chi connectivity index (χ2v) is 8.50. The average Bonchev–Trinajstić information content (AvgIpc) is 3.44. The summed E-state index contributed by atoms with van der Waals surface area (Å²) in [6.45, 7) is 5.20. The summed E-state index contributed by atoms with van der Waals surface area (Å²) in [4.78, 5) is 27.3. The minimum absolute atomic E-state index is 0.0202. The minimum Gasteiger partial charge on any atom is -0.454 e. The van der Waals surface area contributed by atoms with Gasteiger partial charge in [-0.25, -0.2) is 9.18 Å². The van der Waals surface area contributed by atoms with Gasteiger partial charge in [0.05, 0.1) is 27.5 Å². The van der Waals surface area contributed by atoms with Gasteiger partial charge in [-0.15, -0.1) is 0 Å². The molecule has 0 saturated carbocycles. The second-order valence-electron chi connectivity index (χ2n) is 8.09. The average molecular weight is 481 g/mol. The van der Waals surface area contributed by atoms with E-state index in [-0.39, 0.29) is 28.4 Å². The Labute approximate surface area is 199 Å². The molecule has 2 aliphatic rings. The van der Waals surface area contributed by atoms with E-state index in [1.54, 1.807) is 44.4 Å². The minimum atomic E-state index is -0.632. The van der Waals surface area contributed by atoms with Crippen LogP contribution in [0, 0.1) is 5.82 Å². The smallest absolute Gasteiger partial charge is 0.334 e. The maximum atomic E-state index is 14.2. The number of benzene rings is 2. The first-order valence-corrected chi connectivity index (χ1v) is 11.3. The fraction of sp³-hybridized carbons (Fsp3) is 0.200. The van der Waals surface area contributed by atoms with E-state index >= 15 is 0 Å². The SMILES string of the molecule is C=CC(=O)N1CC[C@@H](n2c3c(n(-c4ccc(Oc5cccc(Cl)c5F)cc4)c2=O)=CNCC=3)C1. The molecular formula is C25H22ClFN4O3. The zero-order valence-corrected chi connectivity index (χ0v) is 19.0. The molecule has 174 valence electrons. The number of carbonyl (C=O) groups is 1. The van der Waals surface area contributed by atoms with E-state index in [4.69, 9.17) is 16.3 Å². The molecule has 9 heteroatoms. The van der Waals surface area contributed by atoms with Crippen molar-refractivity contribution in [1.29, 1.82) is 0 Å². The summed E-state index contributed by atoms with van der Waals surface area (Å²) in [5.41, 5.74) is 0.456. The number of hydrogen-bond acceptors (Lipinski definition) is 4. The number of aromatic nitrogens is 2. The van der Waals surface area contributed by atoms with E-state index in [1.807, 2.05) is 12.3 Å². The topological polar surface area (TPSA) is 68.5 Å². The van der Waals surface area contributed by atoms with E-state index in [0.29, 0.717) is 37.5 Å². The monoisotopic (exact) mass is 480 g/mol. The normalized spacial score (nSPS) is 16.8. The third-order valence-corrected chi connectivity index (χ3v) is 6.36. The van der Waals surface area contributed by atoms with Crippen molar-refractivity contribution in [2.45, 2.75) is 12.5 Å². The van der Waals surface area contributed by atoms with Gasteiger partial charge >= 0.3 is 5.69 Å². The van der Waals surface area contributed by atoms with Gasteiger partial charge in [0.1, 0.15) is 5.75 Å². The standard InChI is InChI=1S/C25H22ClFN4O3/c1-2-23(32)29-13-11-17(15-29)31-20-10-12-28-14-21(20)30(25(31)33)16-6-8-18(9-7-16)34-22-5-3-4-19(26)24(22)27/h2-10,14,17,28H,1,11-13,15H2/t17-/m1/s1. The number of hydrogen-bond donors (Lipinski definition) is 1. The number of carbonyl (C=O) groups excluding carboxylic acids is 1. The van der Waals surface area contributed by atoms with Crippen LogP contribution in [-0.4, -0.2) is 39.6 Å². The highest BCUT2D eigenvalue weighted by Crippen LogP contribution is 2.29. The van der Waals surface area contributed by atoms with E-state index in [9.17, 15) is 14.0 Å². The van der Waals surface area contributed by atoms with Crippen molar-refractivity contribution >= 4 is 29.8 Å². The molecule has 34 heavy (non-hydrogen) atoms. The number of amides is 1. The molecule has 1 amide bonds. The first kappa shape index (κ1) is 22.0. The Kier molecular flexibility index (Phi) is 5.75. The number of rotatable bonds is 5. The van der Waals surface area contributed by atoms with E-state index in [1.165, 1.54) is 18.2 Å². The quantitative estimate of drug-likeness (QED) is 0.569. The number of nitrogens with zero attached hydrogens (tertiary/aromatic N) is 3. The molecule has 2 aromatic carbocycles. The third kappa shape index (κ3) is 3.80. The number of nitrogens with one attached hydrogen (secondary N) is 1. The van der Waals surface area contributed by atoms with Crippen molar-refractivity contribution in [3.05, 3.63) is 87.1 Å². The molecule has 0 radical (unpaired) electrons. The van der Waals surface area contributed by atoms with Gasteiger partial charge < -0.3 is 15.0 Å². The van der Waals surface area contributed by atoms with Gasteiger partial charge in [-0.2, -0.15) is 0 Å². The second kappa shape index (κ2) is 8.87. The highest BCUT2D eigenvalue weighted by molar-refractivity contribution is 6.30. The first-order valence-electron chi connectivity index (χ1n) is 10.9. The van der Waals surface area contributed by atoms with Crippen LogP contribution in [0.1, 0.15) is 12.5 Å². The van der Waals surface area contributed by atoms with Crippen molar-refractivity contribution in [2.24, 2.45) is 0 Å². The van der Waals surface area contributed by atoms with Gasteiger partial charge in [0.15, 0.2) is 11.6 Å². The van der Waals surface area contributed by atoms with Gasteiger partial charge in [-0.05, 0) is 55.0 Å². The van der Waals surface area contributed by atoms with E-state index in [2.05, 4.69) is 11.9 Å². The van der Waals surface area contributed by atoms with Crippen LogP contribution in [0.15, 0.2) is 59.9 Å². The Hall–Kier alpha value is -3.78. The van der Waals surface area contributed by atoms with E-state index in [0.717, 1.165) is 10.7 Å². The molecule has 3 heterocycles. The lowest BCUT2D eigenvalue weighted by molar-refractivity contribution is -0.125. The molecular weight excluding hydrogens is 459 g/mol. The Bertz CT molecular complexity index is 1460. The summed E-state index contributed by atoms with van der Waals surface area (Å²) in [6.07, 6.45) is 5.79. The summed E-state index contributed by atoms with van der Waals surface area (Å²) in [5.74, 6) is -0.331. The lowest BCUT2D eigenvalue weighted by Crippen LogP contribution is -2.40. The predicted octanol–water partition coefficient (Wildman–Crippen LogP) is 2.30. The van der Waals surface area contributed by atoms with Crippen molar-refractivity contribution in [3.8, 4) is 17.2 Å². The molecule has 7 nitrogen and oxygen atoms in total. The molecule has 1 fully saturated rings. The summed E-state index contributed by atoms with van der Waals surface area (Å²) in [5, 5.41) is 4.70. The maximum Gasteiger partial charge on any atom is 0.334 e. The maximum absolute atomic E-state index is 14.2. The van der Waals surface area contributed by atoms with Crippen LogP contribution in [0.3, 0.4) is 0 Å². The highest BCUT2D eigenvalue weighted by Gasteiger charge is 2.29. The van der Waals surface area contributed by atoms with Crippen LogP contribution in [0.2, 0.25) is 5.02 Å². The van der Waals surface area contributed by atoms with E-state index < -0.39 is 5.82 Å².